The van der Waals surface area contributed by atoms with Crippen LogP contribution in [-0.2, 0) is 0 Å². The molecule has 1 atom stereocenters. The van der Waals surface area contributed by atoms with Gasteiger partial charge < -0.3 is 14.3 Å². The minimum absolute atomic E-state index is 0.0531. The van der Waals surface area contributed by atoms with E-state index in [1.54, 1.807) is 36.4 Å². The summed E-state index contributed by atoms with van der Waals surface area (Å²) in [5.41, 5.74) is 4.52. The molecule has 26 heavy (non-hydrogen) atoms. The van der Waals surface area contributed by atoms with Crippen LogP contribution in [0.2, 0.25) is 0 Å². The van der Waals surface area contributed by atoms with Gasteiger partial charge in [0.2, 0.25) is 0 Å². The fraction of sp³-hybridized carbons (Fsp3) is 0.158. The van der Waals surface area contributed by atoms with Crippen molar-refractivity contribution in [2.45, 2.75) is 6.10 Å². The highest BCUT2D eigenvalue weighted by Gasteiger charge is 2.14. The molecule has 0 aliphatic rings. The van der Waals surface area contributed by atoms with Crippen molar-refractivity contribution in [1.82, 2.24) is 10.9 Å². The lowest BCUT2D eigenvalue weighted by molar-refractivity contribution is 0.0863. The molecule has 0 bridgehead atoms. The van der Waals surface area contributed by atoms with Crippen LogP contribution in [0, 0.1) is 0 Å². The number of hydrogen-bond donors (Lipinski definition) is 3. The summed E-state index contributed by atoms with van der Waals surface area (Å²) >= 11 is 0. The Bertz CT molecular complexity index is 939. The molecule has 1 heterocycles. The Kier molecular flexibility index (Phi) is 5.62. The second kappa shape index (κ2) is 8.28. The number of amides is 1. The number of aliphatic hydroxyl groups is 1. The zero-order valence-electron chi connectivity index (χ0n) is 13.8. The zero-order chi connectivity index (χ0) is 18.4. The molecule has 2 aromatic carbocycles. The van der Waals surface area contributed by atoms with Gasteiger partial charge in [-0.2, -0.15) is 0 Å². The third-order valence-corrected chi connectivity index (χ3v) is 3.61. The monoisotopic (exact) mass is 354 g/mol. The van der Waals surface area contributed by atoms with E-state index in [1.165, 1.54) is 6.07 Å². The highest BCUT2D eigenvalue weighted by molar-refractivity contribution is 5.96. The molecule has 0 aliphatic carbocycles. The lowest BCUT2D eigenvalue weighted by Gasteiger charge is -2.13. The number of carbonyl (C=O) groups excluding carboxylic acids is 1. The number of nitrogens with one attached hydrogen (secondary N) is 2. The largest absolute Gasteiger partial charge is 0.491 e. The van der Waals surface area contributed by atoms with E-state index in [-0.39, 0.29) is 18.7 Å². The normalized spacial score (nSPS) is 11.9. The van der Waals surface area contributed by atoms with E-state index in [4.69, 9.17) is 9.15 Å². The van der Waals surface area contributed by atoms with Crippen molar-refractivity contribution < 1.29 is 19.1 Å². The van der Waals surface area contributed by atoms with Gasteiger partial charge in [0.05, 0.1) is 0 Å². The van der Waals surface area contributed by atoms with E-state index >= 15 is 0 Å². The molecule has 134 valence electrons. The Morgan fingerprint density at radius 2 is 1.85 bits per heavy atom. The van der Waals surface area contributed by atoms with Gasteiger partial charge in [0, 0.05) is 11.9 Å². The van der Waals surface area contributed by atoms with E-state index < -0.39 is 17.6 Å². The van der Waals surface area contributed by atoms with Gasteiger partial charge in [-0.1, -0.05) is 36.4 Å². The average Bonchev–Trinajstić information content (AvgIpc) is 2.66. The van der Waals surface area contributed by atoms with Crippen LogP contribution >= 0.6 is 0 Å². The third kappa shape index (κ3) is 4.47. The molecule has 0 spiro atoms. The van der Waals surface area contributed by atoms with Crippen LogP contribution in [0.15, 0.2) is 69.9 Å². The average molecular weight is 354 g/mol. The Labute approximate surface area is 149 Å². The topological polar surface area (TPSA) is 101 Å². The molecule has 0 fully saturated rings. The molecule has 1 amide bonds. The lowest BCUT2D eigenvalue weighted by Crippen LogP contribution is -2.44. The number of ether oxygens (including phenoxy) is 1. The summed E-state index contributed by atoms with van der Waals surface area (Å²) in [4.78, 5) is 24.0. The molecular formula is C19H18N2O5. The molecule has 7 heteroatoms. The van der Waals surface area contributed by atoms with E-state index in [0.29, 0.717) is 16.7 Å². The van der Waals surface area contributed by atoms with Crippen molar-refractivity contribution >= 4 is 16.9 Å². The molecule has 0 radical (unpaired) electrons. The molecule has 0 saturated carbocycles. The zero-order valence-corrected chi connectivity index (χ0v) is 13.8. The maximum atomic E-state index is 12.1. The fourth-order valence-corrected chi connectivity index (χ4v) is 2.30. The molecule has 0 aliphatic heterocycles. The second-order valence-electron chi connectivity index (χ2n) is 5.60. The summed E-state index contributed by atoms with van der Waals surface area (Å²) in [6.07, 6.45) is -0.844. The predicted molar refractivity (Wildman–Crippen MR) is 95.9 cm³/mol. The maximum Gasteiger partial charge on any atom is 0.349 e. The SMILES string of the molecule is O=C(NNCC(O)COc1ccccc1)c1cc2ccccc2oc1=O. The quantitative estimate of drug-likeness (QED) is 0.439. The molecule has 1 unspecified atom stereocenters. The van der Waals surface area contributed by atoms with Crippen LogP contribution < -0.4 is 21.2 Å². The Morgan fingerprint density at radius 1 is 1.12 bits per heavy atom. The van der Waals surface area contributed by atoms with E-state index in [1.807, 2.05) is 18.2 Å². The van der Waals surface area contributed by atoms with Gasteiger partial charge in [-0.25, -0.2) is 10.2 Å². The van der Waals surface area contributed by atoms with Crippen LogP contribution in [0.4, 0.5) is 0 Å². The number of carbonyl (C=O) groups is 1. The smallest absolute Gasteiger partial charge is 0.349 e. The minimum atomic E-state index is -0.844. The maximum absolute atomic E-state index is 12.1. The number of para-hydroxylation sites is 2. The van der Waals surface area contributed by atoms with Crippen molar-refractivity contribution in [3.63, 3.8) is 0 Å². The van der Waals surface area contributed by atoms with Crippen molar-refractivity contribution in [3.8, 4) is 5.75 Å². The van der Waals surface area contributed by atoms with Crippen molar-refractivity contribution in [2.24, 2.45) is 0 Å². The van der Waals surface area contributed by atoms with Gasteiger partial charge in [0.25, 0.3) is 5.91 Å². The first-order valence-corrected chi connectivity index (χ1v) is 8.05. The number of hydrogen-bond acceptors (Lipinski definition) is 6. The van der Waals surface area contributed by atoms with Gasteiger partial charge >= 0.3 is 5.63 Å². The van der Waals surface area contributed by atoms with Gasteiger partial charge in [0.1, 0.15) is 29.6 Å². The van der Waals surface area contributed by atoms with Gasteiger partial charge in [-0.3, -0.25) is 10.2 Å². The van der Waals surface area contributed by atoms with Gasteiger partial charge in [-0.15, -0.1) is 0 Å². The molecule has 3 rings (SSSR count). The van der Waals surface area contributed by atoms with Crippen molar-refractivity contribution in [1.29, 1.82) is 0 Å². The summed E-state index contributed by atoms with van der Waals surface area (Å²) in [6.45, 7) is 0.114. The number of hydrazine groups is 1. The fourth-order valence-electron chi connectivity index (χ4n) is 2.30. The summed E-state index contributed by atoms with van der Waals surface area (Å²) in [7, 11) is 0. The van der Waals surface area contributed by atoms with Crippen molar-refractivity contribution in [3.05, 3.63) is 76.6 Å². The van der Waals surface area contributed by atoms with Gasteiger partial charge in [-0.05, 0) is 24.3 Å². The third-order valence-electron chi connectivity index (χ3n) is 3.61. The second-order valence-corrected chi connectivity index (χ2v) is 5.60. The van der Waals surface area contributed by atoms with Crippen molar-refractivity contribution in [2.75, 3.05) is 13.2 Å². The minimum Gasteiger partial charge on any atom is -0.491 e. The number of fused-ring (bicyclic) bond motifs is 1. The molecule has 3 aromatic rings. The van der Waals surface area contributed by atoms with E-state index in [0.717, 1.165) is 0 Å². The molecular weight excluding hydrogens is 336 g/mol. The van der Waals surface area contributed by atoms with Gasteiger partial charge in [0.15, 0.2) is 0 Å². The van der Waals surface area contributed by atoms with E-state index in [9.17, 15) is 14.7 Å². The van der Waals surface area contributed by atoms with E-state index in [2.05, 4.69) is 10.9 Å². The summed E-state index contributed by atoms with van der Waals surface area (Å²) in [6, 6.07) is 17.5. The molecule has 3 N–H and O–H groups in total. The lowest BCUT2D eigenvalue weighted by atomic mass is 10.2. The summed E-state index contributed by atoms with van der Waals surface area (Å²) in [5.74, 6) is 0.00467. The summed E-state index contributed by atoms with van der Waals surface area (Å²) in [5, 5.41) is 10.5. The number of aliphatic hydroxyl groups excluding tert-OH is 1. The van der Waals surface area contributed by atoms with Crippen LogP contribution in [0.5, 0.6) is 5.75 Å². The molecule has 1 aromatic heterocycles. The number of rotatable bonds is 7. The Morgan fingerprint density at radius 3 is 2.65 bits per heavy atom. The highest BCUT2D eigenvalue weighted by Crippen LogP contribution is 2.12. The number of benzene rings is 2. The van der Waals surface area contributed by atoms with Crippen LogP contribution in [0.3, 0.4) is 0 Å². The molecule has 0 saturated heterocycles. The first kappa shape index (κ1) is 17.7. The Balaban J connectivity index is 1.51. The predicted octanol–water partition coefficient (Wildman–Crippen LogP) is 1.47. The highest BCUT2D eigenvalue weighted by atomic mass is 16.5. The van der Waals surface area contributed by atoms with Crippen LogP contribution in [-0.4, -0.2) is 30.3 Å². The van der Waals surface area contributed by atoms with Crippen LogP contribution in [0.1, 0.15) is 10.4 Å². The Hall–Kier alpha value is -3.16. The first-order chi connectivity index (χ1) is 12.6. The summed E-state index contributed by atoms with van der Waals surface area (Å²) < 4.78 is 10.5. The standard InChI is InChI=1S/C19H18N2O5/c22-14(12-25-15-7-2-1-3-8-15)11-20-21-18(23)16-10-13-6-4-5-9-17(13)26-19(16)24/h1-10,14,20,22H,11-12H2,(H,21,23). The van der Waals surface area contributed by atoms with Crippen LogP contribution in [0.25, 0.3) is 11.0 Å². The molecule has 7 nitrogen and oxygen atoms in total. The first-order valence-electron chi connectivity index (χ1n) is 8.05.